The van der Waals surface area contributed by atoms with Crippen molar-refractivity contribution in [3.63, 3.8) is 0 Å². The minimum Gasteiger partial charge on any atom is -0.394 e. The molecule has 1 aromatic heterocycles. The summed E-state index contributed by atoms with van der Waals surface area (Å²) in [5.74, 6) is 1.02. The molecule has 0 unspecified atom stereocenters. The first-order chi connectivity index (χ1) is 8.91. The van der Waals surface area contributed by atoms with E-state index >= 15 is 0 Å². The van der Waals surface area contributed by atoms with Gasteiger partial charge < -0.3 is 15.5 Å². The summed E-state index contributed by atoms with van der Waals surface area (Å²) in [4.78, 5) is 15.8. The predicted octanol–water partition coefficient (Wildman–Crippen LogP) is 1.02. The summed E-state index contributed by atoms with van der Waals surface area (Å²) in [6.07, 6.45) is 0.948. The molecule has 0 saturated carbocycles. The van der Waals surface area contributed by atoms with E-state index in [0.29, 0.717) is 12.2 Å². The van der Waals surface area contributed by atoms with Crippen molar-refractivity contribution in [3.05, 3.63) is 5.69 Å². The fraction of sp³-hybridized carbons (Fsp3) is 0.692. The maximum Gasteiger partial charge on any atom is 0.241 e. The van der Waals surface area contributed by atoms with E-state index in [1.54, 1.807) is 4.90 Å². The summed E-state index contributed by atoms with van der Waals surface area (Å²) in [5, 5.41) is 4.48. The van der Waals surface area contributed by atoms with Crippen LogP contribution in [0.4, 0.5) is 11.5 Å². The fourth-order valence-corrected chi connectivity index (χ4v) is 2.39. The number of nitrogens with zero attached hydrogens (tertiary/aromatic N) is 4. The molecule has 1 saturated heterocycles. The Morgan fingerprint density at radius 3 is 2.63 bits per heavy atom. The molecule has 2 N–H and O–H groups in total. The lowest BCUT2D eigenvalue weighted by atomic mass is 10.3. The van der Waals surface area contributed by atoms with Crippen LogP contribution in [-0.2, 0) is 4.79 Å². The van der Waals surface area contributed by atoms with Gasteiger partial charge in [0, 0.05) is 26.2 Å². The van der Waals surface area contributed by atoms with E-state index in [9.17, 15) is 4.79 Å². The highest BCUT2D eigenvalue weighted by atomic mass is 16.2. The lowest BCUT2D eigenvalue weighted by Crippen LogP contribution is -2.35. The molecular weight excluding hydrogens is 242 g/mol. The highest BCUT2D eigenvalue weighted by Crippen LogP contribution is 2.30. The number of aromatic nitrogens is 2. The molecule has 6 heteroatoms. The van der Waals surface area contributed by atoms with Crippen LogP contribution >= 0.6 is 0 Å². The van der Waals surface area contributed by atoms with E-state index in [0.717, 1.165) is 31.0 Å². The second-order valence-electron chi connectivity index (χ2n) is 5.45. The Hall–Kier alpha value is -1.72. The highest BCUT2D eigenvalue weighted by molar-refractivity contribution is 5.83. The first-order valence-electron chi connectivity index (χ1n) is 6.75. The van der Waals surface area contributed by atoms with Crippen LogP contribution in [0.2, 0.25) is 0 Å². The van der Waals surface area contributed by atoms with Gasteiger partial charge >= 0.3 is 0 Å². The Morgan fingerprint density at radius 2 is 2.00 bits per heavy atom. The molecule has 1 aliphatic heterocycles. The zero-order chi connectivity index (χ0) is 14.2. The Morgan fingerprint density at radius 1 is 1.32 bits per heavy atom. The summed E-state index contributed by atoms with van der Waals surface area (Å²) in [7, 11) is 1.85. The third-order valence-electron chi connectivity index (χ3n) is 3.57. The van der Waals surface area contributed by atoms with Crippen LogP contribution in [0.1, 0.15) is 32.0 Å². The van der Waals surface area contributed by atoms with E-state index in [2.05, 4.69) is 23.8 Å². The zero-order valence-electron chi connectivity index (χ0n) is 12.2. The van der Waals surface area contributed by atoms with Crippen LogP contribution in [0.3, 0.4) is 0 Å². The topological polar surface area (TPSA) is 67.4 Å². The SMILES string of the molecule is Cc1nn(C(C)C)c(N2CCCN(C)C(=O)C2)c1N. The number of rotatable bonds is 2. The van der Waals surface area contributed by atoms with Gasteiger partial charge in [0.05, 0.1) is 17.9 Å². The van der Waals surface area contributed by atoms with Crippen molar-refractivity contribution >= 4 is 17.4 Å². The number of hydrogen-bond donors (Lipinski definition) is 1. The molecule has 19 heavy (non-hydrogen) atoms. The second-order valence-corrected chi connectivity index (χ2v) is 5.45. The third kappa shape index (κ3) is 2.52. The molecule has 1 aliphatic rings. The van der Waals surface area contributed by atoms with Crippen LogP contribution in [0.15, 0.2) is 0 Å². The lowest BCUT2D eigenvalue weighted by molar-refractivity contribution is -0.127. The van der Waals surface area contributed by atoms with Crippen molar-refractivity contribution in [1.82, 2.24) is 14.7 Å². The van der Waals surface area contributed by atoms with Crippen molar-refractivity contribution in [2.45, 2.75) is 33.2 Å². The van der Waals surface area contributed by atoms with Gasteiger partial charge in [0.25, 0.3) is 0 Å². The average molecular weight is 265 g/mol. The molecule has 0 aliphatic carbocycles. The Kier molecular flexibility index (Phi) is 3.68. The smallest absolute Gasteiger partial charge is 0.241 e. The third-order valence-corrected chi connectivity index (χ3v) is 3.57. The zero-order valence-corrected chi connectivity index (χ0v) is 12.2. The number of anilines is 2. The van der Waals surface area contributed by atoms with Gasteiger partial charge in [0.1, 0.15) is 0 Å². The molecule has 1 fully saturated rings. The molecule has 2 rings (SSSR count). The highest BCUT2D eigenvalue weighted by Gasteiger charge is 2.25. The van der Waals surface area contributed by atoms with E-state index in [1.807, 2.05) is 18.7 Å². The summed E-state index contributed by atoms with van der Waals surface area (Å²) < 4.78 is 1.92. The molecule has 6 nitrogen and oxygen atoms in total. The van der Waals surface area contributed by atoms with Gasteiger partial charge in [-0.3, -0.25) is 4.79 Å². The number of aryl methyl sites for hydroxylation is 1. The summed E-state index contributed by atoms with van der Waals surface area (Å²) in [6, 6.07) is 0.224. The minimum atomic E-state index is 0.131. The maximum absolute atomic E-state index is 12.0. The van der Waals surface area contributed by atoms with Crippen molar-refractivity contribution < 1.29 is 4.79 Å². The van der Waals surface area contributed by atoms with Gasteiger partial charge in [-0.25, -0.2) is 4.68 Å². The van der Waals surface area contributed by atoms with E-state index in [-0.39, 0.29) is 11.9 Å². The second kappa shape index (κ2) is 5.11. The number of carbonyl (C=O) groups excluding carboxylic acids is 1. The number of nitrogen functional groups attached to an aromatic ring is 1. The van der Waals surface area contributed by atoms with Crippen molar-refractivity contribution in [1.29, 1.82) is 0 Å². The van der Waals surface area contributed by atoms with Gasteiger partial charge in [0.2, 0.25) is 5.91 Å². The van der Waals surface area contributed by atoms with Gasteiger partial charge in [-0.15, -0.1) is 0 Å². The van der Waals surface area contributed by atoms with Crippen molar-refractivity contribution in [3.8, 4) is 0 Å². The normalized spacial score (nSPS) is 17.2. The largest absolute Gasteiger partial charge is 0.394 e. The maximum atomic E-state index is 12.0. The molecule has 1 aromatic rings. The quantitative estimate of drug-likeness (QED) is 0.867. The molecule has 0 bridgehead atoms. The Balaban J connectivity index is 2.37. The number of likely N-dealkylation sites (N-methyl/N-ethyl adjacent to an activating group) is 1. The molecule has 0 spiro atoms. The van der Waals surface area contributed by atoms with Gasteiger partial charge in [0.15, 0.2) is 5.82 Å². The van der Waals surface area contributed by atoms with Gasteiger partial charge in [-0.05, 0) is 27.2 Å². The van der Waals surface area contributed by atoms with Crippen LogP contribution in [0.5, 0.6) is 0 Å². The predicted molar refractivity (Wildman–Crippen MR) is 76.2 cm³/mol. The van der Waals surface area contributed by atoms with E-state index in [1.165, 1.54) is 0 Å². The molecular formula is C13H23N5O. The molecule has 2 heterocycles. The Bertz CT molecular complexity index is 480. The molecule has 0 radical (unpaired) electrons. The summed E-state index contributed by atoms with van der Waals surface area (Å²) >= 11 is 0. The summed E-state index contributed by atoms with van der Waals surface area (Å²) in [6.45, 7) is 8.05. The molecule has 0 aromatic carbocycles. The fourth-order valence-electron chi connectivity index (χ4n) is 2.39. The minimum absolute atomic E-state index is 0.131. The van der Waals surface area contributed by atoms with Crippen LogP contribution in [0, 0.1) is 6.92 Å². The van der Waals surface area contributed by atoms with Gasteiger partial charge in [-0.2, -0.15) is 5.10 Å². The van der Waals surface area contributed by atoms with Crippen LogP contribution < -0.4 is 10.6 Å². The summed E-state index contributed by atoms with van der Waals surface area (Å²) in [5.41, 5.74) is 7.67. The standard InChI is InChI=1S/C13H23N5O/c1-9(2)18-13(12(14)10(3)15-18)17-7-5-6-16(4)11(19)8-17/h9H,5-8,14H2,1-4H3. The monoisotopic (exact) mass is 265 g/mol. The molecule has 1 amide bonds. The number of nitrogens with two attached hydrogens (primary N) is 1. The van der Waals surface area contributed by atoms with E-state index < -0.39 is 0 Å². The Labute approximate surface area is 114 Å². The number of hydrogen-bond acceptors (Lipinski definition) is 4. The van der Waals surface area contributed by atoms with Crippen LogP contribution in [-0.4, -0.2) is 47.3 Å². The van der Waals surface area contributed by atoms with Crippen molar-refractivity contribution in [2.24, 2.45) is 0 Å². The number of amides is 1. The molecule has 0 atom stereocenters. The number of carbonyl (C=O) groups is 1. The first-order valence-corrected chi connectivity index (χ1v) is 6.75. The average Bonchev–Trinajstić information content (AvgIpc) is 2.54. The van der Waals surface area contributed by atoms with E-state index in [4.69, 9.17) is 5.73 Å². The first kappa shape index (κ1) is 13.7. The molecule has 106 valence electrons. The van der Waals surface area contributed by atoms with Gasteiger partial charge in [-0.1, -0.05) is 0 Å². The van der Waals surface area contributed by atoms with Crippen LogP contribution in [0.25, 0.3) is 0 Å². The lowest BCUT2D eigenvalue weighted by Gasteiger charge is -2.24. The van der Waals surface area contributed by atoms with Crippen molar-refractivity contribution in [2.75, 3.05) is 37.3 Å².